The number of carbonyl (C=O) groups excluding carboxylic acids is 1. The van der Waals surface area contributed by atoms with Crippen LogP contribution < -0.4 is 0 Å². The molecule has 0 aliphatic carbocycles. The molecule has 0 saturated carbocycles. The van der Waals surface area contributed by atoms with E-state index in [1.54, 1.807) is 6.92 Å². The van der Waals surface area contributed by atoms with Gasteiger partial charge in [0.15, 0.2) is 6.23 Å². The molecule has 4 rings (SSSR count). The first-order chi connectivity index (χ1) is 19.8. The average molecular weight is 747 g/mol. The van der Waals surface area contributed by atoms with E-state index in [0.29, 0.717) is 42.3 Å². The number of esters is 1. The van der Waals surface area contributed by atoms with E-state index >= 15 is 0 Å². The van der Waals surface area contributed by atoms with Gasteiger partial charge in [0.2, 0.25) is 9.76 Å². The molecule has 0 amide bonds. The fraction of sp³-hybridized carbons (Fsp3) is 0.842. The molecule has 42 heavy (non-hydrogen) atoms. The molecule has 4 atom stereocenters. The Kier molecular flexibility index (Phi) is 11.4. The van der Waals surface area contributed by atoms with E-state index in [2.05, 4.69) is 6.58 Å². The fourth-order valence-electron chi connectivity index (χ4n) is 4.56. The zero-order chi connectivity index (χ0) is 30.9. The molecule has 6 bridgehead atoms. The largest absolute Gasteiger partial charge is 0.515 e. The Balaban J connectivity index is 2.00. The highest BCUT2D eigenvalue weighted by molar-refractivity contribution is 6.99. The maximum atomic E-state index is 12.7. The third kappa shape index (κ3) is 7.00. The summed E-state index contributed by atoms with van der Waals surface area (Å²) in [6.07, 6.45) is -0.323. The van der Waals surface area contributed by atoms with Gasteiger partial charge in [-0.25, -0.2) is 4.79 Å². The molecule has 0 N–H and O–H groups in total. The predicted octanol–water partition coefficient (Wildman–Crippen LogP) is 3.18. The summed E-state index contributed by atoms with van der Waals surface area (Å²) in [5.74, 6) is -0.604. The maximum absolute atomic E-state index is 12.7. The summed E-state index contributed by atoms with van der Waals surface area (Å²) in [6, 6.07) is 2.77. The SMILES string of the molecule is C=C(C)C(=O)OC[Si]1(O[Si]CC)O[Si]2(CC)O[Si]3(CC)O[Si]O[Si]4(CC)O[Si](CC)(O1)O[Si](CC)(O2)O[Si](CC)(O3)O4. The number of rotatable bonds is 12. The van der Waals surface area contributed by atoms with E-state index in [0.717, 1.165) is 0 Å². The molecule has 4 radical (unpaired) electrons. The number of carbonyl (C=O) groups is 1. The molecule has 4 fully saturated rings. The summed E-state index contributed by atoms with van der Waals surface area (Å²) in [7, 11) is -26.9. The molecule has 0 spiro atoms. The average Bonchev–Trinajstić information content (AvgIpc) is 2.94. The van der Waals surface area contributed by atoms with Gasteiger partial charge in [-0.2, -0.15) is 0 Å². The summed E-state index contributed by atoms with van der Waals surface area (Å²) in [5, 5.41) is 0. The van der Waals surface area contributed by atoms with Gasteiger partial charge in [-0.15, -0.1) is 0 Å². The molecule has 4 heterocycles. The second-order valence-electron chi connectivity index (χ2n) is 10.1. The molecule has 0 aromatic rings. The van der Waals surface area contributed by atoms with Gasteiger partial charge in [-0.1, -0.05) is 55.0 Å². The Hall–Kier alpha value is 0.682. The van der Waals surface area contributed by atoms with E-state index in [1.807, 2.05) is 48.5 Å². The van der Waals surface area contributed by atoms with Crippen molar-refractivity contribution >= 4 is 87.4 Å². The van der Waals surface area contributed by atoms with Crippen LogP contribution in [0.2, 0.25) is 42.3 Å². The molecule has 238 valence electrons. The zero-order valence-electron chi connectivity index (χ0n) is 25.6. The van der Waals surface area contributed by atoms with Crippen molar-refractivity contribution < 1.29 is 58.9 Å². The molecular weight excluding hydrogens is 705 g/mol. The topological polar surface area (TPSA) is 137 Å². The third-order valence-corrected chi connectivity index (χ3v) is 40.2. The van der Waals surface area contributed by atoms with Gasteiger partial charge in [0.25, 0.3) is 0 Å². The first-order valence-electron chi connectivity index (χ1n) is 14.5. The minimum absolute atomic E-state index is 0.0333. The van der Waals surface area contributed by atoms with Crippen molar-refractivity contribution in [2.24, 2.45) is 0 Å². The second-order valence-corrected chi connectivity index (χ2v) is 35.1. The highest BCUT2D eigenvalue weighted by Crippen LogP contribution is 2.48. The van der Waals surface area contributed by atoms with Gasteiger partial charge in [0.05, 0.1) is 0 Å². The second kappa shape index (κ2) is 13.4. The molecule has 14 nitrogen and oxygen atoms in total. The summed E-state index contributed by atoms with van der Waals surface area (Å²) in [4.78, 5) is 12.7. The number of hydrogen-bond donors (Lipinski definition) is 0. The lowest BCUT2D eigenvalue weighted by Gasteiger charge is -2.58. The summed E-state index contributed by atoms with van der Waals surface area (Å²) < 4.78 is 87.8. The van der Waals surface area contributed by atoms with Crippen molar-refractivity contribution in [3.63, 3.8) is 0 Å². The predicted molar refractivity (Wildman–Crippen MR) is 164 cm³/mol. The van der Waals surface area contributed by atoms with Crippen molar-refractivity contribution in [2.45, 2.75) is 97.7 Å². The summed E-state index contributed by atoms with van der Waals surface area (Å²) >= 11 is 0. The van der Waals surface area contributed by atoms with Crippen molar-refractivity contribution in [3.8, 4) is 0 Å². The molecule has 4 unspecified atom stereocenters. The van der Waals surface area contributed by atoms with Crippen LogP contribution in [0.4, 0.5) is 0 Å². The highest BCUT2D eigenvalue weighted by atomic mass is 28.6. The number of hydrogen-bond acceptors (Lipinski definition) is 14. The van der Waals surface area contributed by atoms with E-state index in [-0.39, 0.29) is 21.6 Å². The van der Waals surface area contributed by atoms with Crippen LogP contribution in [-0.2, 0) is 58.9 Å². The van der Waals surface area contributed by atoms with E-state index in [1.165, 1.54) is 0 Å². The van der Waals surface area contributed by atoms with Crippen LogP contribution in [0.3, 0.4) is 0 Å². The molecule has 4 aliphatic rings. The van der Waals surface area contributed by atoms with E-state index < -0.39 is 77.6 Å². The summed E-state index contributed by atoms with van der Waals surface area (Å²) in [5.41, 5.74) is 0.227. The van der Waals surface area contributed by atoms with Crippen LogP contribution >= 0.6 is 0 Å². The Morgan fingerprint density at radius 2 is 1.00 bits per heavy atom. The Morgan fingerprint density at radius 1 is 0.643 bits per heavy atom. The Morgan fingerprint density at radius 3 is 1.33 bits per heavy atom. The van der Waals surface area contributed by atoms with E-state index in [9.17, 15) is 4.79 Å². The van der Waals surface area contributed by atoms with Crippen LogP contribution in [0.5, 0.6) is 0 Å². The quantitative estimate of drug-likeness (QED) is 0.164. The molecule has 4 aliphatic heterocycles. The fourth-order valence-corrected chi connectivity index (χ4v) is 47.4. The van der Waals surface area contributed by atoms with Crippen molar-refractivity contribution in [2.75, 3.05) is 6.23 Å². The lowest BCUT2D eigenvalue weighted by Crippen LogP contribution is -2.83. The van der Waals surface area contributed by atoms with Gasteiger partial charge >= 0.3 is 77.6 Å². The Labute approximate surface area is 261 Å². The van der Waals surface area contributed by atoms with Gasteiger partial charge in [0.1, 0.15) is 0 Å². The van der Waals surface area contributed by atoms with Crippen LogP contribution in [0.15, 0.2) is 12.2 Å². The van der Waals surface area contributed by atoms with Gasteiger partial charge in [-0.05, 0) is 13.0 Å². The monoisotopic (exact) mass is 746 g/mol. The van der Waals surface area contributed by atoms with Gasteiger partial charge < -0.3 is 54.1 Å². The van der Waals surface area contributed by atoms with Crippen molar-refractivity contribution in [1.29, 1.82) is 0 Å². The van der Waals surface area contributed by atoms with E-state index in [4.69, 9.17) is 54.1 Å². The maximum Gasteiger partial charge on any atom is 0.515 e. The summed E-state index contributed by atoms with van der Waals surface area (Å²) in [6.45, 7) is 18.8. The van der Waals surface area contributed by atoms with Gasteiger partial charge in [-0.3, -0.25) is 0 Å². The minimum atomic E-state index is -4.04. The molecule has 0 aromatic heterocycles. The van der Waals surface area contributed by atoms with Gasteiger partial charge in [0, 0.05) is 41.8 Å². The first kappa shape index (κ1) is 35.5. The molecular formula is C19H42O14Si9. The number of ether oxygens (including phenoxy) is 1. The third-order valence-electron chi connectivity index (χ3n) is 6.89. The van der Waals surface area contributed by atoms with Crippen LogP contribution in [-0.4, -0.2) is 93.6 Å². The van der Waals surface area contributed by atoms with Crippen molar-refractivity contribution in [3.05, 3.63) is 12.2 Å². The van der Waals surface area contributed by atoms with Crippen LogP contribution in [0.25, 0.3) is 0 Å². The minimum Gasteiger partial charge on any atom is -0.458 e. The standard InChI is InChI=1S/C19H42O14Si9/c1-10-34-22-42(17-21-19(20)18(8)9)32-39(14-5)27-36(11-2)23-35-24-37(12-3)26-38(13-4,25-36)29-41(16-7,30-39)31-40(15-6,28-37)33-42/h8,10-17H2,1-7,9H3. The number of fused-ring (bicyclic) bond motifs is 4. The van der Waals surface area contributed by atoms with Crippen LogP contribution in [0, 0.1) is 0 Å². The van der Waals surface area contributed by atoms with Crippen LogP contribution in [0.1, 0.15) is 55.4 Å². The Bertz CT molecular complexity index is 971. The van der Waals surface area contributed by atoms with Crippen molar-refractivity contribution in [1.82, 2.24) is 0 Å². The molecule has 0 aromatic carbocycles. The first-order valence-corrected chi connectivity index (χ1v) is 29.9. The molecule has 23 heteroatoms. The smallest absolute Gasteiger partial charge is 0.458 e. The lowest BCUT2D eigenvalue weighted by atomic mass is 10.4. The lowest BCUT2D eigenvalue weighted by molar-refractivity contribution is -0.138. The normalized spacial score (nSPS) is 43.4. The highest BCUT2D eigenvalue weighted by Gasteiger charge is 2.77. The molecule has 4 saturated heterocycles. The zero-order valence-corrected chi connectivity index (χ0v) is 34.6.